The molecule has 8 bridgehead atoms. The van der Waals surface area contributed by atoms with Gasteiger partial charge in [0.2, 0.25) is 0 Å². The predicted octanol–water partition coefficient (Wildman–Crippen LogP) is 3.31. The van der Waals surface area contributed by atoms with Crippen LogP contribution >= 0.6 is 0 Å². The summed E-state index contributed by atoms with van der Waals surface area (Å²) in [6.45, 7) is 19.3. The molecule has 0 aliphatic carbocycles. The summed E-state index contributed by atoms with van der Waals surface area (Å²) in [5.74, 6) is 0. The molecule has 5 rings (SSSR count). The quantitative estimate of drug-likeness (QED) is 0.295. The normalized spacial score (nSPS) is 12.0. The fourth-order valence-corrected chi connectivity index (χ4v) is 7.09. The van der Waals surface area contributed by atoms with Crippen molar-refractivity contribution in [3.8, 4) is 0 Å². The number of hydrogen-bond acceptors (Lipinski definition) is 2. The van der Waals surface area contributed by atoms with Crippen molar-refractivity contribution in [1.29, 1.82) is 0 Å². The largest absolute Gasteiger partial charge is 2.00 e. The van der Waals surface area contributed by atoms with Gasteiger partial charge in [-0.05, 0) is 116 Å². The van der Waals surface area contributed by atoms with E-state index in [2.05, 4.69) is 95.3 Å². The van der Waals surface area contributed by atoms with E-state index in [1.165, 1.54) is 61.0 Å². The maximum Gasteiger partial charge on any atom is 2.00 e. The van der Waals surface area contributed by atoms with E-state index in [1.807, 2.05) is 0 Å². The Hall–Kier alpha value is -2.30. The Bertz CT molecular complexity index is 1690. The summed E-state index contributed by atoms with van der Waals surface area (Å²) in [5, 5.41) is 0. The monoisotopic (exact) mass is 660 g/mol. The minimum Gasteiger partial charge on any atom is -1.00 e. The molecule has 0 unspecified atom stereocenters. The van der Waals surface area contributed by atoms with Crippen molar-refractivity contribution < 1.29 is 41.9 Å². The number of fused-ring (bicyclic) bond motifs is 8. The summed E-state index contributed by atoms with van der Waals surface area (Å²) < 4.78 is 2.57. The molecule has 0 atom stereocenters. The number of H-pyrrole nitrogens is 1. The third kappa shape index (κ3) is 6.29. The molecule has 0 aromatic carbocycles. The van der Waals surface area contributed by atoms with E-state index in [4.69, 9.17) is 9.97 Å². The number of nitrogens with one attached hydrogen (secondary N) is 1. The Labute approximate surface area is 281 Å². The Balaban J connectivity index is 0.00000215. The SMILES string of the molecule is CCC1=Cc2cc3nc(cc4c(CC)c(CC)c(c(CC)c5[nH]c(c(CC)c1n2)c(CC)c5CC)n4CC)C=C3.[Cl-].[Cl-].[Fe+2]. The Morgan fingerprint density at radius 3 is 1.63 bits per heavy atom. The predicted molar refractivity (Wildman–Crippen MR) is 174 cm³/mol. The van der Waals surface area contributed by atoms with E-state index >= 15 is 0 Å². The molecule has 43 heavy (non-hydrogen) atoms. The molecule has 4 nitrogen and oxygen atoms in total. The second kappa shape index (κ2) is 15.6. The van der Waals surface area contributed by atoms with Gasteiger partial charge in [-0.1, -0.05) is 48.5 Å². The Morgan fingerprint density at radius 2 is 1.12 bits per heavy atom. The molecule has 0 saturated heterocycles. The van der Waals surface area contributed by atoms with Crippen LogP contribution in [0.2, 0.25) is 0 Å². The number of aromatic nitrogens is 4. The van der Waals surface area contributed by atoms with Gasteiger partial charge < -0.3 is 34.4 Å². The number of aromatic amines is 1. The van der Waals surface area contributed by atoms with Crippen LogP contribution in [0.15, 0.2) is 12.1 Å². The molecule has 0 fully saturated rings. The van der Waals surface area contributed by atoms with Crippen LogP contribution in [0.4, 0.5) is 0 Å². The van der Waals surface area contributed by atoms with Crippen LogP contribution in [0.3, 0.4) is 0 Å². The molecule has 2 aliphatic heterocycles. The van der Waals surface area contributed by atoms with Crippen molar-refractivity contribution in [2.75, 3.05) is 0 Å². The van der Waals surface area contributed by atoms with Crippen LogP contribution in [0.5, 0.6) is 0 Å². The Kier molecular flexibility index (Phi) is 13.4. The van der Waals surface area contributed by atoms with Gasteiger partial charge in [0.15, 0.2) is 0 Å². The van der Waals surface area contributed by atoms with E-state index in [-0.39, 0.29) is 41.9 Å². The first-order valence-corrected chi connectivity index (χ1v) is 15.7. The smallest absolute Gasteiger partial charge is 1.00 e. The van der Waals surface area contributed by atoms with Crippen LogP contribution in [0.25, 0.3) is 45.9 Å². The number of nitrogens with zero attached hydrogens (tertiary/aromatic N) is 3. The van der Waals surface area contributed by atoms with Crippen LogP contribution in [-0.2, 0) is 62.1 Å². The summed E-state index contributed by atoms with van der Waals surface area (Å²) in [6, 6.07) is 4.45. The van der Waals surface area contributed by atoms with Crippen LogP contribution in [0, 0.1) is 0 Å². The zero-order valence-electron chi connectivity index (χ0n) is 27.0. The molecule has 7 heteroatoms. The van der Waals surface area contributed by atoms with E-state index in [0.717, 1.165) is 74.3 Å². The van der Waals surface area contributed by atoms with Crippen molar-refractivity contribution in [2.24, 2.45) is 0 Å². The second-order valence-corrected chi connectivity index (χ2v) is 10.8. The molecule has 3 aromatic rings. The summed E-state index contributed by atoms with van der Waals surface area (Å²) in [5.41, 5.74) is 19.4. The average molecular weight is 662 g/mol. The molecule has 3 aromatic heterocycles. The van der Waals surface area contributed by atoms with Crippen molar-refractivity contribution in [3.05, 3.63) is 68.3 Å². The van der Waals surface area contributed by atoms with Gasteiger partial charge in [0.1, 0.15) is 0 Å². The number of rotatable bonds is 8. The van der Waals surface area contributed by atoms with Crippen LogP contribution in [0.1, 0.15) is 118 Å². The van der Waals surface area contributed by atoms with Crippen LogP contribution in [-0.4, -0.2) is 19.5 Å². The maximum atomic E-state index is 5.22. The van der Waals surface area contributed by atoms with Crippen molar-refractivity contribution >= 4 is 45.9 Å². The summed E-state index contributed by atoms with van der Waals surface area (Å²) >= 11 is 0. The zero-order chi connectivity index (χ0) is 28.6. The molecule has 1 N–H and O–H groups in total. The molecular formula is C36H46Cl2FeN4. The first kappa shape index (κ1) is 36.9. The number of allylic oxidation sites excluding steroid dienone is 1. The maximum absolute atomic E-state index is 5.22. The van der Waals surface area contributed by atoms with Crippen molar-refractivity contribution in [2.45, 2.75) is 107 Å². The van der Waals surface area contributed by atoms with Gasteiger partial charge in [0.05, 0.1) is 22.8 Å². The fraction of sp³-hybridized carbons (Fsp3) is 0.444. The average Bonchev–Trinajstić information content (AvgIpc) is 3.73. The van der Waals surface area contributed by atoms with E-state index in [0.29, 0.717) is 0 Å². The van der Waals surface area contributed by atoms with Gasteiger partial charge in [-0.2, -0.15) is 0 Å². The molecule has 232 valence electrons. The van der Waals surface area contributed by atoms with E-state index < -0.39 is 0 Å². The third-order valence-electron chi connectivity index (χ3n) is 8.86. The number of hydrogen-bond donors (Lipinski definition) is 1. The minimum atomic E-state index is 0. The fourth-order valence-electron chi connectivity index (χ4n) is 7.09. The van der Waals surface area contributed by atoms with Gasteiger partial charge >= 0.3 is 17.1 Å². The van der Waals surface area contributed by atoms with Gasteiger partial charge in [-0.25, -0.2) is 9.97 Å². The van der Waals surface area contributed by atoms with Crippen molar-refractivity contribution in [1.82, 2.24) is 19.5 Å². The molecule has 0 radical (unpaired) electrons. The number of halogens is 2. The zero-order valence-corrected chi connectivity index (χ0v) is 29.6. The first-order valence-electron chi connectivity index (χ1n) is 15.7. The van der Waals surface area contributed by atoms with E-state index in [1.54, 1.807) is 0 Å². The summed E-state index contributed by atoms with van der Waals surface area (Å²) in [7, 11) is 0. The van der Waals surface area contributed by atoms with E-state index in [9.17, 15) is 0 Å². The molecule has 0 amide bonds. The molecule has 0 spiro atoms. The summed E-state index contributed by atoms with van der Waals surface area (Å²) in [4.78, 5) is 14.3. The number of aryl methyl sites for hydroxylation is 7. The topological polar surface area (TPSA) is 46.5 Å². The molecular weight excluding hydrogens is 615 g/mol. The molecule has 0 saturated carbocycles. The first-order chi connectivity index (χ1) is 19.5. The van der Waals surface area contributed by atoms with Gasteiger partial charge in [0.25, 0.3) is 0 Å². The third-order valence-corrected chi connectivity index (χ3v) is 8.86. The Morgan fingerprint density at radius 1 is 0.581 bits per heavy atom. The summed E-state index contributed by atoms with van der Waals surface area (Å²) in [6.07, 6.45) is 13.5. The van der Waals surface area contributed by atoms with Gasteiger partial charge in [0, 0.05) is 34.2 Å². The standard InChI is InChI=1S/C36H46N4.2ClH.Fe/c1-9-22-19-25-20-23-17-18-24(37-23)21-32-26(10-2)29(13-5)36(40(32)16-8)31(15-7)35-28(12-4)27(11-3)34(39-35)30(14-6)33(22)38-25;;;/h17-21,39H,9-16H2,1-8H3;2*1H;/q;;;+2/p-2. The van der Waals surface area contributed by atoms with Gasteiger partial charge in [-0.3, -0.25) is 0 Å². The van der Waals surface area contributed by atoms with Crippen LogP contribution < -0.4 is 24.8 Å². The van der Waals surface area contributed by atoms with Crippen molar-refractivity contribution in [3.63, 3.8) is 0 Å². The molecule has 2 aliphatic rings. The second-order valence-electron chi connectivity index (χ2n) is 10.8. The molecule has 5 heterocycles. The van der Waals surface area contributed by atoms with Gasteiger partial charge in [-0.15, -0.1) is 0 Å². The minimum absolute atomic E-state index is 0.